The number of halogens is 1. The molecular formula is C23H37IN8O. The monoisotopic (exact) mass is 568 g/mol. The van der Waals surface area contributed by atoms with Gasteiger partial charge in [0.1, 0.15) is 5.82 Å². The van der Waals surface area contributed by atoms with Gasteiger partial charge in [-0.2, -0.15) is 5.10 Å². The zero-order valence-electron chi connectivity index (χ0n) is 20.3. The smallest absolute Gasteiger partial charge is 0.224 e. The van der Waals surface area contributed by atoms with Gasteiger partial charge in [0.05, 0.1) is 5.69 Å². The minimum Gasteiger partial charge on any atom is -0.356 e. The van der Waals surface area contributed by atoms with Crippen LogP contribution in [0.15, 0.2) is 29.4 Å². The summed E-state index contributed by atoms with van der Waals surface area (Å²) in [4.78, 5) is 25.5. The quantitative estimate of drug-likeness (QED) is 0.301. The molecule has 1 saturated heterocycles. The second kappa shape index (κ2) is 12.8. The van der Waals surface area contributed by atoms with Crippen molar-refractivity contribution in [3.05, 3.63) is 41.3 Å². The van der Waals surface area contributed by atoms with Crippen molar-refractivity contribution in [1.82, 2.24) is 30.3 Å². The molecule has 0 aliphatic carbocycles. The van der Waals surface area contributed by atoms with Gasteiger partial charge in [-0.25, -0.2) is 4.98 Å². The number of aliphatic imine (C=N–C) groups is 1. The van der Waals surface area contributed by atoms with Crippen LogP contribution < -0.4 is 15.5 Å². The molecule has 10 heteroatoms. The number of aryl methyl sites for hydroxylation is 2. The van der Waals surface area contributed by atoms with Crippen LogP contribution in [0.4, 0.5) is 5.82 Å². The highest BCUT2D eigenvalue weighted by atomic mass is 127. The van der Waals surface area contributed by atoms with Crippen LogP contribution in [0.2, 0.25) is 0 Å². The number of anilines is 1. The van der Waals surface area contributed by atoms with Gasteiger partial charge in [0.25, 0.3) is 0 Å². The van der Waals surface area contributed by atoms with E-state index in [0.717, 1.165) is 44.1 Å². The van der Waals surface area contributed by atoms with E-state index in [1.807, 2.05) is 41.8 Å². The molecule has 0 saturated carbocycles. The van der Waals surface area contributed by atoms with Crippen LogP contribution in [0.3, 0.4) is 0 Å². The summed E-state index contributed by atoms with van der Waals surface area (Å²) in [5.74, 6) is 1.86. The Bertz CT molecular complexity index is 922. The molecule has 33 heavy (non-hydrogen) atoms. The van der Waals surface area contributed by atoms with Gasteiger partial charge >= 0.3 is 0 Å². The normalized spacial score (nSPS) is 15.1. The molecule has 3 heterocycles. The standard InChI is InChI=1S/C23H36N8O.HI/c1-17(16-20-18(2)28-29(5)19(20)3)27-23(24-4)26-11-9-22(32)31-14-12-30(13-15-31)21-8-6-7-10-25-21;/h6-8,10,17H,9,11-16H2,1-5H3,(H2,24,26,27);1H. The molecule has 2 aromatic heterocycles. The molecule has 1 fully saturated rings. The molecule has 0 bridgehead atoms. The maximum Gasteiger partial charge on any atom is 0.224 e. The van der Waals surface area contributed by atoms with Crippen molar-refractivity contribution in [2.24, 2.45) is 12.0 Å². The van der Waals surface area contributed by atoms with Crippen LogP contribution >= 0.6 is 24.0 Å². The second-order valence-electron chi connectivity index (χ2n) is 8.33. The largest absolute Gasteiger partial charge is 0.356 e. The van der Waals surface area contributed by atoms with Crippen LogP contribution in [0.5, 0.6) is 0 Å². The molecule has 182 valence electrons. The first-order valence-electron chi connectivity index (χ1n) is 11.3. The molecule has 1 amide bonds. The van der Waals surface area contributed by atoms with Crippen molar-refractivity contribution in [3.63, 3.8) is 0 Å². The maximum atomic E-state index is 12.6. The lowest BCUT2D eigenvalue weighted by Gasteiger charge is -2.35. The number of guanidine groups is 1. The molecule has 3 rings (SSSR count). The van der Waals surface area contributed by atoms with Gasteiger partial charge in [0.15, 0.2) is 5.96 Å². The fourth-order valence-corrected chi connectivity index (χ4v) is 4.07. The number of hydrogen-bond donors (Lipinski definition) is 2. The van der Waals surface area contributed by atoms with Gasteiger partial charge in [-0.1, -0.05) is 6.07 Å². The van der Waals surface area contributed by atoms with Gasteiger partial charge < -0.3 is 20.4 Å². The summed E-state index contributed by atoms with van der Waals surface area (Å²) < 4.78 is 1.92. The predicted octanol–water partition coefficient (Wildman–Crippen LogP) is 1.88. The fourth-order valence-electron chi connectivity index (χ4n) is 4.07. The van der Waals surface area contributed by atoms with Gasteiger partial charge in [-0.05, 0) is 44.9 Å². The van der Waals surface area contributed by atoms with Crippen LogP contribution in [-0.4, -0.2) is 77.3 Å². The Balaban J connectivity index is 0.00000385. The number of rotatable bonds is 7. The van der Waals surface area contributed by atoms with Gasteiger partial charge in [-0.15, -0.1) is 24.0 Å². The van der Waals surface area contributed by atoms with E-state index in [1.54, 1.807) is 13.2 Å². The minimum absolute atomic E-state index is 0. The van der Waals surface area contributed by atoms with E-state index < -0.39 is 0 Å². The number of hydrogen-bond acceptors (Lipinski definition) is 5. The molecule has 2 N–H and O–H groups in total. The number of amides is 1. The SMILES string of the molecule is CN=C(NCCC(=O)N1CCN(c2ccccn2)CC1)NC(C)Cc1c(C)nn(C)c1C.I. The summed E-state index contributed by atoms with van der Waals surface area (Å²) in [5.41, 5.74) is 3.52. The summed E-state index contributed by atoms with van der Waals surface area (Å²) in [6, 6.07) is 6.11. The van der Waals surface area contributed by atoms with Gasteiger partial charge in [0, 0.05) is 71.2 Å². The molecular weight excluding hydrogens is 531 g/mol. The zero-order chi connectivity index (χ0) is 23.1. The number of pyridine rings is 1. The molecule has 1 atom stereocenters. The van der Waals surface area contributed by atoms with E-state index in [4.69, 9.17) is 0 Å². The molecule has 1 aliphatic rings. The number of nitrogens with zero attached hydrogens (tertiary/aromatic N) is 6. The Morgan fingerprint density at radius 1 is 1.21 bits per heavy atom. The van der Waals surface area contributed by atoms with Crippen molar-refractivity contribution in [2.75, 3.05) is 44.7 Å². The lowest BCUT2D eigenvalue weighted by Crippen LogP contribution is -2.50. The molecule has 0 aromatic carbocycles. The Hall–Kier alpha value is -2.37. The second-order valence-corrected chi connectivity index (χ2v) is 8.33. The summed E-state index contributed by atoms with van der Waals surface area (Å²) in [7, 11) is 3.72. The number of nitrogens with one attached hydrogen (secondary N) is 2. The van der Waals surface area contributed by atoms with E-state index in [9.17, 15) is 4.79 Å². The van der Waals surface area contributed by atoms with Crippen molar-refractivity contribution >= 4 is 41.7 Å². The average molecular weight is 569 g/mol. The number of piperazine rings is 1. The van der Waals surface area contributed by atoms with E-state index in [0.29, 0.717) is 18.9 Å². The Labute approximate surface area is 214 Å². The van der Waals surface area contributed by atoms with Crippen LogP contribution in [-0.2, 0) is 18.3 Å². The third kappa shape index (κ3) is 7.31. The lowest BCUT2D eigenvalue weighted by molar-refractivity contribution is -0.131. The fraction of sp³-hybridized carbons (Fsp3) is 0.565. The van der Waals surface area contributed by atoms with Crippen LogP contribution in [0.25, 0.3) is 0 Å². The highest BCUT2D eigenvalue weighted by Gasteiger charge is 2.21. The van der Waals surface area contributed by atoms with Crippen molar-refractivity contribution < 1.29 is 4.79 Å². The Morgan fingerprint density at radius 3 is 2.52 bits per heavy atom. The minimum atomic E-state index is 0. The molecule has 2 aromatic rings. The summed E-state index contributed by atoms with van der Waals surface area (Å²) in [6.07, 6.45) is 3.12. The Kier molecular flexibility index (Phi) is 10.4. The van der Waals surface area contributed by atoms with Crippen LogP contribution in [0.1, 0.15) is 30.3 Å². The summed E-state index contributed by atoms with van der Waals surface area (Å²) >= 11 is 0. The molecule has 1 aliphatic heterocycles. The molecule has 1 unspecified atom stereocenters. The third-order valence-electron chi connectivity index (χ3n) is 6.01. The lowest BCUT2D eigenvalue weighted by atomic mass is 10.1. The average Bonchev–Trinajstić information content (AvgIpc) is 3.04. The van der Waals surface area contributed by atoms with E-state index in [1.165, 1.54) is 11.3 Å². The number of carbonyl (C=O) groups is 1. The van der Waals surface area contributed by atoms with E-state index >= 15 is 0 Å². The highest BCUT2D eigenvalue weighted by Crippen LogP contribution is 2.14. The first-order chi connectivity index (χ1) is 15.4. The van der Waals surface area contributed by atoms with Crippen molar-refractivity contribution in [1.29, 1.82) is 0 Å². The number of carbonyl (C=O) groups excluding carboxylic acids is 1. The first kappa shape index (κ1) is 26.9. The highest BCUT2D eigenvalue weighted by molar-refractivity contribution is 14.0. The summed E-state index contributed by atoms with van der Waals surface area (Å²) in [5, 5.41) is 11.2. The maximum absolute atomic E-state index is 12.6. The molecule has 9 nitrogen and oxygen atoms in total. The summed E-state index contributed by atoms with van der Waals surface area (Å²) in [6.45, 7) is 9.89. The van der Waals surface area contributed by atoms with Crippen molar-refractivity contribution in [3.8, 4) is 0 Å². The van der Waals surface area contributed by atoms with E-state index in [-0.39, 0.29) is 35.9 Å². The topological polar surface area (TPSA) is 90.7 Å². The van der Waals surface area contributed by atoms with Crippen molar-refractivity contribution in [2.45, 2.75) is 39.7 Å². The van der Waals surface area contributed by atoms with Gasteiger partial charge in [-0.3, -0.25) is 14.5 Å². The predicted molar refractivity (Wildman–Crippen MR) is 143 cm³/mol. The first-order valence-corrected chi connectivity index (χ1v) is 11.3. The zero-order valence-corrected chi connectivity index (χ0v) is 22.7. The van der Waals surface area contributed by atoms with Crippen LogP contribution in [0, 0.1) is 13.8 Å². The van der Waals surface area contributed by atoms with E-state index in [2.05, 4.69) is 44.5 Å². The van der Waals surface area contributed by atoms with Gasteiger partial charge in [0.2, 0.25) is 5.91 Å². The molecule has 0 radical (unpaired) electrons. The molecule has 0 spiro atoms. The Morgan fingerprint density at radius 2 is 1.94 bits per heavy atom. The number of aromatic nitrogens is 3. The third-order valence-corrected chi connectivity index (χ3v) is 6.01.